The van der Waals surface area contributed by atoms with Crippen LogP contribution < -0.4 is 5.32 Å². The van der Waals surface area contributed by atoms with Crippen molar-refractivity contribution in [3.8, 4) is 6.07 Å². The van der Waals surface area contributed by atoms with E-state index in [0.717, 1.165) is 30.1 Å². The predicted octanol–water partition coefficient (Wildman–Crippen LogP) is 3.82. The third-order valence-corrected chi connectivity index (χ3v) is 4.87. The first-order valence-corrected chi connectivity index (χ1v) is 7.99. The Balaban J connectivity index is 1.78. The van der Waals surface area contributed by atoms with E-state index in [1.54, 1.807) is 0 Å². The monoisotopic (exact) mass is 269 g/mol. The van der Waals surface area contributed by atoms with Gasteiger partial charge in [0.25, 0.3) is 0 Å². The van der Waals surface area contributed by atoms with Gasteiger partial charge >= 0.3 is 0 Å². The lowest BCUT2D eigenvalue weighted by atomic mass is 9.84. The van der Waals surface area contributed by atoms with E-state index in [-0.39, 0.29) is 0 Å². The van der Waals surface area contributed by atoms with Crippen LogP contribution in [0.4, 0.5) is 5.82 Å². The second kappa shape index (κ2) is 5.83. The van der Waals surface area contributed by atoms with Crippen molar-refractivity contribution in [3.05, 3.63) is 22.9 Å². The normalized spacial score (nSPS) is 25.0. The topological polar surface area (TPSA) is 48.7 Å². The van der Waals surface area contributed by atoms with Gasteiger partial charge in [0.1, 0.15) is 11.9 Å². The number of aromatic nitrogens is 1. The zero-order valence-electron chi connectivity index (χ0n) is 12.3. The standard InChI is InChI=1S/C17H23N3/c1-2-12-5-3-7-15(9-12)19-17-14(11-18)10-13-6-4-8-16(13)20-17/h10,12,15H,2-9H2,1H3,(H,19,20). The molecule has 1 aromatic heterocycles. The number of anilines is 1. The Hall–Kier alpha value is -1.56. The van der Waals surface area contributed by atoms with Gasteiger partial charge in [-0.1, -0.05) is 26.2 Å². The molecule has 2 aliphatic carbocycles. The molecule has 0 spiro atoms. The SMILES string of the molecule is CCC1CCCC(Nc2nc3c(cc2C#N)CCC3)C1. The molecule has 1 saturated carbocycles. The minimum atomic E-state index is 0.493. The summed E-state index contributed by atoms with van der Waals surface area (Å²) >= 11 is 0. The van der Waals surface area contributed by atoms with Crippen molar-refractivity contribution in [1.82, 2.24) is 4.98 Å². The lowest BCUT2D eigenvalue weighted by molar-refractivity contribution is 0.327. The van der Waals surface area contributed by atoms with Crippen molar-refractivity contribution in [2.24, 2.45) is 5.92 Å². The number of aryl methyl sites for hydroxylation is 2. The molecule has 0 bridgehead atoms. The molecule has 0 amide bonds. The van der Waals surface area contributed by atoms with Gasteiger partial charge in [0, 0.05) is 11.7 Å². The third-order valence-electron chi connectivity index (χ3n) is 4.87. The first kappa shape index (κ1) is 13.4. The first-order valence-electron chi connectivity index (χ1n) is 7.99. The van der Waals surface area contributed by atoms with Crippen LogP contribution in [0.1, 0.15) is 62.3 Å². The summed E-state index contributed by atoms with van der Waals surface area (Å²) in [6.45, 7) is 2.28. The van der Waals surface area contributed by atoms with E-state index >= 15 is 0 Å². The molecule has 0 aliphatic heterocycles. The molecular weight excluding hydrogens is 246 g/mol. The van der Waals surface area contributed by atoms with E-state index in [1.807, 2.05) is 0 Å². The van der Waals surface area contributed by atoms with Crippen LogP contribution in [0, 0.1) is 17.2 Å². The molecule has 1 N–H and O–H groups in total. The van der Waals surface area contributed by atoms with E-state index in [1.165, 1.54) is 49.8 Å². The predicted molar refractivity (Wildman–Crippen MR) is 80.6 cm³/mol. The Morgan fingerprint density at radius 3 is 3.05 bits per heavy atom. The van der Waals surface area contributed by atoms with Gasteiger partial charge < -0.3 is 5.32 Å². The summed E-state index contributed by atoms with van der Waals surface area (Å²) in [5, 5.41) is 12.9. The van der Waals surface area contributed by atoms with Gasteiger partial charge in [-0.15, -0.1) is 0 Å². The molecular formula is C17H23N3. The number of pyridine rings is 1. The van der Waals surface area contributed by atoms with Crippen LogP contribution in [0.25, 0.3) is 0 Å². The summed E-state index contributed by atoms with van der Waals surface area (Å²) in [4.78, 5) is 4.74. The van der Waals surface area contributed by atoms with Gasteiger partial charge in [-0.2, -0.15) is 5.26 Å². The highest BCUT2D eigenvalue weighted by molar-refractivity contribution is 5.55. The largest absolute Gasteiger partial charge is 0.366 e. The molecule has 3 nitrogen and oxygen atoms in total. The fraction of sp³-hybridized carbons (Fsp3) is 0.647. The van der Waals surface area contributed by atoms with E-state index in [0.29, 0.717) is 6.04 Å². The van der Waals surface area contributed by atoms with Gasteiger partial charge in [-0.3, -0.25) is 0 Å². The van der Waals surface area contributed by atoms with E-state index in [2.05, 4.69) is 24.4 Å². The molecule has 0 saturated heterocycles. The maximum atomic E-state index is 9.35. The maximum Gasteiger partial charge on any atom is 0.144 e. The first-order chi connectivity index (χ1) is 9.80. The quantitative estimate of drug-likeness (QED) is 0.907. The minimum Gasteiger partial charge on any atom is -0.366 e. The fourth-order valence-electron chi connectivity index (χ4n) is 3.65. The van der Waals surface area contributed by atoms with Gasteiger partial charge in [-0.25, -0.2) is 4.98 Å². The highest BCUT2D eigenvalue weighted by Crippen LogP contribution is 2.30. The maximum absolute atomic E-state index is 9.35. The molecule has 20 heavy (non-hydrogen) atoms. The number of nitriles is 1. The van der Waals surface area contributed by atoms with Crippen molar-refractivity contribution in [3.63, 3.8) is 0 Å². The zero-order chi connectivity index (χ0) is 13.9. The van der Waals surface area contributed by atoms with Crippen molar-refractivity contribution < 1.29 is 0 Å². The summed E-state index contributed by atoms with van der Waals surface area (Å²) in [5.41, 5.74) is 3.21. The zero-order valence-corrected chi connectivity index (χ0v) is 12.3. The Labute approximate surface area is 121 Å². The average molecular weight is 269 g/mol. The van der Waals surface area contributed by atoms with Gasteiger partial charge in [0.05, 0.1) is 5.56 Å². The molecule has 1 aromatic rings. The van der Waals surface area contributed by atoms with Crippen LogP contribution in [0.2, 0.25) is 0 Å². The van der Waals surface area contributed by atoms with Crippen LogP contribution in [-0.4, -0.2) is 11.0 Å². The van der Waals surface area contributed by atoms with Crippen molar-refractivity contribution in [1.29, 1.82) is 5.26 Å². The van der Waals surface area contributed by atoms with Crippen LogP contribution >= 0.6 is 0 Å². The smallest absolute Gasteiger partial charge is 0.144 e. The van der Waals surface area contributed by atoms with E-state index in [9.17, 15) is 5.26 Å². The molecule has 106 valence electrons. The van der Waals surface area contributed by atoms with Gasteiger partial charge in [0.15, 0.2) is 0 Å². The number of hydrogen-bond donors (Lipinski definition) is 1. The highest BCUT2D eigenvalue weighted by atomic mass is 15.0. The Morgan fingerprint density at radius 1 is 1.35 bits per heavy atom. The number of fused-ring (bicyclic) bond motifs is 1. The lowest BCUT2D eigenvalue weighted by Gasteiger charge is -2.29. The molecule has 3 rings (SSSR count). The minimum absolute atomic E-state index is 0.493. The van der Waals surface area contributed by atoms with Gasteiger partial charge in [-0.05, 0) is 49.7 Å². The lowest BCUT2D eigenvalue weighted by Crippen LogP contribution is -2.28. The molecule has 2 atom stereocenters. The average Bonchev–Trinajstić information content (AvgIpc) is 2.93. The Kier molecular flexibility index (Phi) is 3.91. The van der Waals surface area contributed by atoms with Crippen LogP contribution in [-0.2, 0) is 12.8 Å². The fourth-order valence-corrected chi connectivity index (χ4v) is 3.65. The van der Waals surface area contributed by atoms with Crippen molar-refractivity contribution in [2.45, 2.75) is 64.3 Å². The number of nitrogens with zero attached hydrogens (tertiary/aromatic N) is 2. The summed E-state index contributed by atoms with van der Waals surface area (Å²) < 4.78 is 0. The van der Waals surface area contributed by atoms with Crippen LogP contribution in [0.3, 0.4) is 0 Å². The van der Waals surface area contributed by atoms with E-state index in [4.69, 9.17) is 4.98 Å². The number of nitrogens with one attached hydrogen (secondary N) is 1. The summed E-state index contributed by atoms with van der Waals surface area (Å²) in [5.74, 6) is 1.66. The second-order valence-electron chi connectivity index (χ2n) is 6.24. The molecule has 1 fully saturated rings. The van der Waals surface area contributed by atoms with Gasteiger partial charge in [0.2, 0.25) is 0 Å². The Bertz CT molecular complexity index is 530. The molecule has 0 aromatic carbocycles. The molecule has 1 heterocycles. The summed E-state index contributed by atoms with van der Waals surface area (Å²) in [6.07, 6.45) is 9.68. The number of rotatable bonds is 3. The van der Waals surface area contributed by atoms with Crippen LogP contribution in [0.15, 0.2) is 6.07 Å². The van der Waals surface area contributed by atoms with E-state index < -0.39 is 0 Å². The van der Waals surface area contributed by atoms with Crippen molar-refractivity contribution in [2.75, 3.05) is 5.32 Å². The Morgan fingerprint density at radius 2 is 2.25 bits per heavy atom. The number of hydrogen-bond acceptors (Lipinski definition) is 3. The van der Waals surface area contributed by atoms with Crippen LogP contribution in [0.5, 0.6) is 0 Å². The summed E-state index contributed by atoms with van der Waals surface area (Å²) in [6, 6.07) is 4.86. The molecule has 3 heteroatoms. The second-order valence-corrected chi connectivity index (χ2v) is 6.24. The summed E-state index contributed by atoms with van der Waals surface area (Å²) in [7, 11) is 0. The molecule has 0 radical (unpaired) electrons. The molecule has 2 unspecified atom stereocenters. The molecule has 2 aliphatic rings. The highest BCUT2D eigenvalue weighted by Gasteiger charge is 2.23. The van der Waals surface area contributed by atoms with Crippen molar-refractivity contribution >= 4 is 5.82 Å². The third kappa shape index (κ3) is 2.65.